The van der Waals surface area contributed by atoms with E-state index >= 15 is 0 Å². The van der Waals surface area contributed by atoms with Gasteiger partial charge in [0.15, 0.2) is 6.73 Å². The van der Waals surface area contributed by atoms with E-state index in [2.05, 4.69) is 16.7 Å². The molecular formula is C17H21N3O2. The molecule has 5 heteroatoms. The first-order valence-electron chi connectivity index (χ1n) is 7.07. The minimum Gasteiger partial charge on any atom is -0.473 e. The molecule has 0 unspecified atom stereocenters. The minimum absolute atomic E-state index is 0.103. The smallest absolute Gasteiger partial charge is 0.321 e. The molecule has 0 aliphatic rings. The summed E-state index contributed by atoms with van der Waals surface area (Å²) in [5, 5.41) is 5.38. The van der Waals surface area contributed by atoms with Crippen LogP contribution in [-0.2, 0) is 0 Å². The van der Waals surface area contributed by atoms with Crippen LogP contribution in [-0.4, -0.2) is 12.8 Å². The van der Waals surface area contributed by atoms with Crippen LogP contribution in [0.5, 0.6) is 5.75 Å². The monoisotopic (exact) mass is 299 g/mol. The van der Waals surface area contributed by atoms with E-state index in [1.165, 1.54) is 0 Å². The number of ether oxygens (including phenoxy) is 1. The Hall–Kier alpha value is -2.69. The van der Waals surface area contributed by atoms with Gasteiger partial charge in [-0.25, -0.2) is 4.79 Å². The van der Waals surface area contributed by atoms with Crippen molar-refractivity contribution in [3.05, 3.63) is 53.1 Å². The molecule has 2 amide bonds. The second kappa shape index (κ2) is 6.85. The SMILES string of the molecule is Cc1ccc(C)c(OCNC(=O)Nc2ccc(N)cc2)c1C. The molecule has 0 heterocycles. The number of amides is 2. The normalized spacial score (nSPS) is 10.1. The number of carbonyl (C=O) groups excluding carboxylic acids is 1. The van der Waals surface area contributed by atoms with Crippen LogP contribution < -0.4 is 21.1 Å². The van der Waals surface area contributed by atoms with Gasteiger partial charge in [0.25, 0.3) is 0 Å². The quantitative estimate of drug-likeness (QED) is 0.598. The Morgan fingerprint density at radius 3 is 2.36 bits per heavy atom. The molecule has 0 fully saturated rings. The maximum absolute atomic E-state index is 11.8. The van der Waals surface area contributed by atoms with E-state index in [4.69, 9.17) is 10.5 Å². The molecule has 0 aliphatic heterocycles. The van der Waals surface area contributed by atoms with Crippen molar-refractivity contribution >= 4 is 17.4 Å². The molecule has 116 valence electrons. The third kappa shape index (κ3) is 3.91. The van der Waals surface area contributed by atoms with Gasteiger partial charge < -0.3 is 21.1 Å². The number of carbonyl (C=O) groups is 1. The zero-order valence-electron chi connectivity index (χ0n) is 13.1. The molecule has 2 rings (SSSR count). The van der Waals surface area contributed by atoms with E-state index in [-0.39, 0.29) is 12.8 Å². The van der Waals surface area contributed by atoms with Crippen LogP contribution in [0.4, 0.5) is 16.2 Å². The number of anilines is 2. The number of nitrogens with one attached hydrogen (secondary N) is 2. The van der Waals surface area contributed by atoms with Crippen molar-refractivity contribution in [2.45, 2.75) is 20.8 Å². The van der Waals surface area contributed by atoms with Gasteiger partial charge in [-0.2, -0.15) is 0 Å². The number of hydrogen-bond donors (Lipinski definition) is 3. The standard InChI is InChI=1S/C17H21N3O2/c1-11-4-5-12(2)16(13(11)3)22-10-19-17(21)20-15-8-6-14(18)7-9-15/h4-9H,10,18H2,1-3H3,(H2,19,20,21). The molecular weight excluding hydrogens is 278 g/mol. The van der Waals surface area contributed by atoms with E-state index in [0.29, 0.717) is 11.4 Å². The molecule has 22 heavy (non-hydrogen) atoms. The highest BCUT2D eigenvalue weighted by Gasteiger charge is 2.07. The topological polar surface area (TPSA) is 76.4 Å². The number of benzene rings is 2. The fourth-order valence-corrected chi connectivity index (χ4v) is 2.06. The largest absolute Gasteiger partial charge is 0.473 e. The molecule has 0 aromatic heterocycles. The van der Waals surface area contributed by atoms with Gasteiger partial charge >= 0.3 is 6.03 Å². The van der Waals surface area contributed by atoms with Crippen molar-refractivity contribution in [1.82, 2.24) is 5.32 Å². The molecule has 4 N–H and O–H groups in total. The number of nitrogen functional groups attached to an aromatic ring is 1. The first-order valence-corrected chi connectivity index (χ1v) is 7.07. The zero-order chi connectivity index (χ0) is 16.1. The molecule has 0 saturated heterocycles. The molecule has 2 aromatic carbocycles. The molecule has 2 aromatic rings. The number of urea groups is 1. The van der Waals surface area contributed by atoms with Crippen molar-refractivity contribution in [2.24, 2.45) is 0 Å². The Balaban J connectivity index is 1.87. The molecule has 0 atom stereocenters. The average Bonchev–Trinajstić information content (AvgIpc) is 2.49. The van der Waals surface area contributed by atoms with Gasteiger partial charge in [-0.15, -0.1) is 0 Å². The lowest BCUT2D eigenvalue weighted by Gasteiger charge is -2.14. The van der Waals surface area contributed by atoms with Crippen LogP contribution in [0.2, 0.25) is 0 Å². The summed E-state index contributed by atoms with van der Waals surface area (Å²) in [6.07, 6.45) is 0. The predicted octanol–water partition coefficient (Wildman–Crippen LogP) is 3.35. The molecule has 0 radical (unpaired) electrons. The Kier molecular flexibility index (Phi) is 4.88. The maximum atomic E-state index is 11.8. The Bertz CT molecular complexity index is 666. The predicted molar refractivity (Wildman–Crippen MR) is 89.2 cm³/mol. The molecule has 0 aliphatic carbocycles. The molecule has 0 bridgehead atoms. The summed E-state index contributed by atoms with van der Waals surface area (Å²) in [6, 6.07) is 10.7. The second-order valence-electron chi connectivity index (χ2n) is 5.20. The van der Waals surface area contributed by atoms with Gasteiger partial charge in [-0.05, 0) is 61.7 Å². The van der Waals surface area contributed by atoms with Gasteiger partial charge in [0.05, 0.1) is 0 Å². The van der Waals surface area contributed by atoms with Gasteiger partial charge in [0.1, 0.15) is 5.75 Å². The van der Waals surface area contributed by atoms with E-state index in [9.17, 15) is 4.79 Å². The summed E-state index contributed by atoms with van der Waals surface area (Å²) in [5.74, 6) is 0.813. The van der Waals surface area contributed by atoms with E-state index in [1.54, 1.807) is 24.3 Å². The maximum Gasteiger partial charge on any atom is 0.321 e. The summed E-state index contributed by atoms with van der Waals surface area (Å²) < 4.78 is 5.68. The lowest BCUT2D eigenvalue weighted by molar-refractivity contribution is 0.234. The van der Waals surface area contributed by atoms with Crippen LogP contribution >= 0.6 is 0 Å². The van der Waals surface area contributed by atoms with Crippen molar-refractivity contribution in [3.63, 3.8) is 0 Å². The summed E-state index contributed by atoms with van der Waals surface area (Å²) in [5.41, 5.74) is 10.2. The summed E-state index contributed by atoms with van der Waals surface area (Å²) in [6.45, 7) is 6.12. The molecule has 0 saturated carbocycles. The van der Waals surface area contributed by atoms with Crippen LogP contribution in [0.1, 0.15) is 16.7 Å². The van der Waals surface area contributed by atoms with Crippen LogP contribution in [0, 0.1) is 20.8 Å². The highest BCUT2D eigenvalue weighted by molar-refractivity contribution is 5.89. The van der Waals surface area contributed by atoms with Gasteiger partial charge in [0.2, 0.25) is 0 Å². The minimum atomic E-state index is -0.326. The van der Waals surface area contributed by atoms with Crippen molar-refractivity contribution in [3.8, 4) is 5.75 Å². The highest BCUT2D eigenvalue weighted by Crippen LogP contribution is 2.25. The van der Waals surface area contributed by atoms with E-state index in [0.717, 1.165) is 22.4 Å². The Labute approximate surface area is 130 Å². The van der Waals surface area contributed by atoms with Gasteiger partial charge in [0, 0.05) is 11.4 Å². The fourth-order valence-electron chi connectivity index (χ4n) is 2.06. The molecule has 5 nitrogen and oxygen atoms in total. The Morgan fingerprint density at radius 1 is 1.05 bits per heavy atom. The number of aryl methyl sites for hydroxylation is 2. The van der Waals surface area contributed by atoms with Crippen molar-refractivity contribution in [2.75, 3.05) is 17.8 Å². The first kappa shape index (κ1) is 15.7. The third-order valence-electron chi connectivity index (χ3n) is 3.49. The molecule has 0 spiro atoms. The number of hydrogen-bond acceptors (Lipinski definition) is 3. The van der Waals surface area contributed by atoms with Crippen LogP contribution in [0.25, 0.3) is 0 Å². The average molecular weight is 299 g/mol. The Morgan fingerprint density at radius 2 is 1.68 bits per heavy atom. The summed E-state index contributed by atoms with van der Waals surface area (Å²) in [7, 11) is 0. The zero-order valence-corrected chi connectivity index (χ0v) is 13.1. The third-order valence-corrected chi connectivity index (χ3v) is 3.49. The van der Waals surface area contributed by atoms with Crippen LogP contribution in [0.15, 0.2) is 36.4 Å². The summed E-state index contributed by atoms with van der Waals surface area (Å²) >= 11 is 0. The van der Waals surface area contributed by atoms with E-state index in [1.807, 2.05) is 26.8 Å². The highest BCUT2D eigenvalue weighted by atomic mass is 16.5. The van der Waals surface area contributed by atoms with Crippen molar-refractivity contribution < 1.29 is 9.53 Å². The number of rotatable bonds is 4. The lowest BCUT2D eigenvalue weighted by atomic mass is 10.1. The van der Waals surface area contributed by atoms with E-state index < -0.39 is 0 Å². The van der Waals surface area contributed by atoms with Gasteiger partial charge in [-0.3, -0.25) is 0 Å². The summed E-state index contributed by atoms with van der Waals surface area (Å²) in [4.78, 5) is 11.8. The lowest BCUT2D eigenvalue weighted by Crippen LogP contribution is -2.32. The van der Waals surface area contributed by atoms with Gasteiger partial charge in [-0.1, -0.05) is 12.1 Å². The fraction of sp³-hybridized carbons (Fsp3) is 0.235. The van der Waals surface area contributed by atoms with Crippen LogP contribution in [0.3, 0.4) is 0 Å². The number of nitrogens with two attached hydrogens (primary N) is 1. The first-order chi connectivity index (χ1) is 10.5. The second-order valence-corrected chi connectivity index (χ2v) is 5.20. The van der Waals surface area contributed by atoms with Crippen molar-refractivity contribution in [1.29, 1.82) is 0 Å².